The number of nitrogens with zero attached hydrogens (tertiary/aromatic N) is 1. The summed E-state index contributed by atoms with van der Waals surface area (Å²) in [7, 11) is 0. The molecule has 0 atom stereocenters. The Morgan fingerprint density at radius 3 is 2.32 bits per heavy atom. The molecule has 0 bridgehead atoms. The zero-order valence-corrected chi connectivity index (χ0v) is 15.2. The van der Waals surface area contributed by atoms with Crippen molar-refractivity contribution < 1.29 is 20.1 Å². The van der Waals surface area contributed by atoms with Crippen LogP contribution < -0.4 is 0 Å². The van der Waals surface area contributed by atoms with Crippen molar-refractivity contribution in [2.45, 2.75) is 0 Å². The Morgan fingerprint density at radius 1 is 1.05 bits per heavy atom. The van der Waals surface area contributed by atoms with Crippen molar-refractivity contribution >= 4 is 49.8 Å². The Balaban J connectivity index is 0.000000550. The first-order valence-electron chi connectivity index (χ1n) is 5.22. The van der Waals surface area contributed by atoms with Gasteiger partial charge in [-0.2, -0.15) is 0 Å². The molecule has 1 N–H and O–H groups in total. The van der Waals surface area contributed by atoms with Crippen molar-refractivity contribution in [2.24, 2.45) is 4.99 Å². The number of phenols is 1. The van der Waals surface area contributed by atoms with Gasteiger partial charge in [0.25, 0.3) is 0 Å². The maximum atomic E-state index is 9.65. The molecule has 0 spiro atoms. The molecule has 0 unspecified atom stereocenters. The summed E-state index contributed by atoms with van der Waals surface area (Å²) in [5.74, 6) is 0.0591. The number of hydrogen-bond acceptors (Lipinski definition) is 2. The summed E-state index contributed by atoms with van der Waals surface area (Å²) in [5.41, 5.74) is 1.44. The number of phenolic OH excluding ortho intramolecular Hbond substituents is 1. The second kappa shape index (κ2) is 9.73. The van der Waals surface area contributed by atoms with E-state index in [1.807, 2.05) is 30.3 Å². The molecular formula is C13H10Br2ClNOTi. The first-order valence-corrected chi connectivity index (χ1v) is 13.3. The molecule has 0 saturated heterocycles. The Kier molecular flexibility index (Phi) is 8.67. The van der Waals surface area contributed by atoms with Crippen LogP contribution in [-0.4, -0.2) is 11.3 Å². The third-order valence-electron chi connectivity index (χ3n) is 2.13. The van der Waals surface area contributed by atoms with E-state index in [9.17, 15) is 5.11 Å². The van der Waals surface area contributed by atoms with Gasteiger partial charge in [-0.05, 0) is 24.3 Å². The van der Waals surface area contributed by atoms with Gasteiger partial charge in [-0.1, -0.05) is 35.9 Å². The number of halogens is 3. The predicted molar refractivity (Wildman–Crippen MR) is 84.7 cm³/mol. The van der Waals surface area contributed by atoms with Crippen molar-refractivity contribution in [2.75, 3.05) is 0 Å². The molecule has 2 aromatic carbocycles. The Labute approximate surface area is 138 Å². The van der Waals surface area contributed by atoms with Crippen LogP contribution in [0.2, 0.25) is 5.02 Å². The standard InChI is InChI=1S/C13H10ClNO.2BrH.Ti/c14-12-8-4-5-10(13(12)16)9-15-11-6-2-1-3-7-11;;;/h1-9,16H;2*1H;/q;;;+2/p-2. The fourth-order valence-corrected chi connectivity index (χ4v) is 1.48. The molecule has 0 fully saturated rings. The molecular weight excluding hydrogens is 429 g/mol. The normalized spacial score (nSPS) is 9.84. The van der Waals surface area contributed by atoms with Gasteiger partial charge in [0.15, 0.2) is 0 Å². The van der Waals surface area contributed by atoms with Crippen LogP contribution in [0.15, 0.2) is 53.5 Å². The summed E-state index contributed by atoms with van der Waals surface area (Å²) in [6, 6.07) is 14.7. The molecule has 98 valence electrons. The Hall–Kier alpha value is -0.126. The van der Waals surface area contributed by atoms with Gasteiger partial charge in [-0.15, -0.1) is 0 Å². The van der Waals surface area contributed by atoms with E-state index in [4.69, 9.17) is 11.6 Å². The van der Waals surface area contributed by atoms with E-state index in [0.29, 0.717) is 10.6 Å². The van der Waals surface area contributed by atoms with Crippen molar-refractivity contribution in [3.05, 3.63) is 59.1 Å². The molecule has 0 heterocycles. The predicted octanol–water partition coefficient (Wildman–Crippen LogP) is 5.48. The van der Waals surface area contributed by atoms with Gasteiger partial charge >= 0.3 is 41.3 Å². The first-order chi connectivity index (χ1) is 9.19. The van der Waals surface area contributed by atoms with Gasteiger partial charge in [0, 0.05) is 11.8 Å². The van der Waals surface area contributed by atoms with Gasteiger partial charge < -0.3 is 5.11 Å². The van der Waals surface area contributed by atoms with Gasteiger partial charge in [0.2, 0.25) is 0 Å². The van der Waals surface area contributed by atoms with E-state index in [-0.39, 0.29) is 20.7 Å². The minimum atomic E-state index is 0.0591. The third-order valence-corrected chi connectivity index (χ3v) is 2.43. The number of para-hydroxylation sites is 2. The second-order valence-corrected chi connectivity index (χ2v) is 11.6. The van der Waals surface area contributed by atoms with Crippen molar-refractivity contribution in [1.82, 2.24) is 0 Å². The zero-order chi connectivity index (χ0) is 14.1. The monoisotopic (exact) mass is 437 g/mol. The number of aliphatic imine (C=N–C) groups is 1. The molecule has 0 saturated carbocycles. The molecule has 0 radical (unpaired) electrons. The number of aromatic hydroxyl groups is 1. The van der Waals surface area contributed by atoms with Crippen molar-refractivity contribution in [3.63, 3.8) is 0 Å². The SMILES string of the molecule is Oc1c(Cl)cccc1C=Nc1ccccc1.[Br][Ti][Br]. The van der Waals surface area contributed by atoms with Gasteiger partial charge in [0.1, 0.15) is 5.75 Å². The van der Waals surface area contributed by atoms with Crippen LogP contribution in [0.3, 0.4) is 0 Å². The van der Waals surface area contributed by atoms with Crippen LogP contribution in [-0.2, 0) is 15.0 Å². The molecule has 2 nitrogen and oxygen atoms in total. The summed E-state index contributed by atoms with van der Waals surface area (Å²) in [4.78, 5) is 4.23. The van der Waals surface area contributed by atoms with E-state index in [1.165, 1.54) is 0 Å². The molecule has 6 heteroatoms. The van der Waals surface area contributed by atoms with Crippen LogP contribution in [0.25, 0.3) is 0 Å². The van der Waals surface area contributed by atoms with Crippen molar-refractivity contribution in [3.8, 4) is 5.75 Å². The van der Waals surface area contributed by atoms with E-state index in [0.717, 1.165) is 5.69 Å². The fourth-order valence-electron chi connectivity index (χ4n) is 1.29. The summed E-state index contributed by atoms with van der Waals surface area (Å²) < 4.78 is 0. The van der Waals surface area contributed by atoms with Crippen LogP contribution in [0.4, 0.5) is 5.69 Å². The topological polar surface area (TPSA) is 32.6 Å². The molecule has 19 heavy (non-hydrogen) atoms. The average Bonchev–Trinajstić information content (AvgIpc) is 2.43. The van der Waals surface area contributed by atoms with Gasteiger partial charge in [0.05, 0.1) is 10.7 Å². The van der Waals surface area contributed by atoms with Crippen LogP contribution in [0.1, 0.15) is 5.56 Å². The quantitative estimate of drug-likeness (QED) is 0.488. The molecule has 0 aliphatic rings. The summed E-state index contributed by atoms with van der Waals surface area (Å²) in [5, 5.41) is 9.98. The summed E-state index contributed by atoms with van der Waals surface area (Å²) in [6.45, 7) is 0. The Morgan fingerprint density at radius 2 is 1.68 bits per heavy atom. The molecule has 0 aliphatic heterocycles. The third kappa shape index (κ3) is 6.24. The Bertz CT molecular complexity index is 537. The summed E-state index contributed by atoms with van der Waals surface area (Å²) in [6.07, 6.45) is 1.59. The number of rotatable bonds is 2. The molecule has 0 aromatic heterocycles. The fraction of sp³-hybridized carbons (Fsp3) is 0. The molecule has 0 aliphatic carbocycles. The molecule has 2 aromatic rings. The van der Waals surface area contributed by atoms with E-state index in [2.05, 4.69) is 31.3 Å². The first kappa shape index (κ1) is 16.9. The van der Waals surface area contributed by atoms with Crippen molar-refractivity contribution in [1.29, 1.82) is 0 Å². The zero-order valence-electron chi connectivity index (χ0n) is 9.72. The van der Waals surface area contributed by atoms with Crippen LogP contribution in [0, 0.1) is 0 Å². The summed E-state index contributed by atoms with van der Waals surface area (Å²) >= 11 is 12.3. The second-order valence-electron chi connectivity index (χ2n) is 3.34. The minimum absolute atomic E-state index is 0.0591. The van der Waals surface area contributed by atoms with E-state index >= 15 is 0 Å². The van der Waals surface area contributed by atoms with Crippen LogP contribution in [0.5, 0.6) is 5.75 Å². The molecule has 0 amide bonds. The van der Waals surface area contributed by atoms with Gasteiger partial charge in [-0.3, -0.25) is 4.99 Å². The van der Waals surface area contributed by atoms with Gasteiger partial charge in [-0.25, -0.2) is 0 Å². The van der Waals surface area contributed by atoms with E-state index < -0.39 is 0 Å². The molecule has 2 rings (SSSR count). The average molecular weight is 439 g/mol. The van der Waals surface area contributed by atoms with E-state index in [1.54, 1.807) is 24.4 Å². The van der Waals surface area contributed by atoms with Crippen LogP contribution >= 0.6 is 37.9 Å². The number of benzene rings is 2. The maximum absolute atomic E-state index is 9.65. The number of hydrogen-bond donors (Lipinski definition) is 1.